The van der Waals surface area contributed by atoms with Crippen molar-refractivity contribution in [3.63, 3.8) is 0 Å². The van der Waals surface area contributed by atoms with Crippen LogP contribution in [0.1, 0.15) is 44.0 Å². The number of hydrogen-bond acceptors (Lipinski definition) is 2. The Bertz CT molecular complexity index is 418. The molecule has 0 aliphatic rings. The molecule has 4 heteroatoms. The van der Waals surface area contributed by atoms with E-state index in [-0.39, 0.29) is 17.7 Å². The van der Waals surface area contributed by atoms with E-state index in [9.17, 15) is 9.90 Å². The molecule has 2 N–H and O–H groups in total. The number of carbonyl (C=O) groups excluding carboxylic acids is 1. The summed E-state index contributed by atoms with van der Waals surface area (Å²) >= 11 is 5.93. The molecule has 0 saturated carbocycles. The largest absolute Gasteiger partial charge is 0.508 e. The summed E-state index contributed by atoms with van der Waals surface area (Å²) in [5.41, 5.74) is 0.313. The first kappa shape index (κ1) is 14.8. The van der Waals surface area contributed by atoms with Crippen molar-refractivity contribution in [2.45, 2.75) is 39.7 Å². The molecule has 1 unspecified atom stereocenters. The molecule has 0 aromatic heterocycles. The summed E-state index contributed by atoms with van der Waals surface area (Å²) in [6.07, 6.45) is 2.00. The van der Waals surface area contributed by atoms with Gasteiger partial charge in [-0.2, -0.15) is 0 Å². The third-order valence-corrected chi connectivity index (χ3v) is 3.08. The number of benzene rings is 1. The number of hydrogen-bond donors (Lipinski definition) is 2. The Balaban J connectivity index is 2.62. The number of phenols is 1. The lowest BCUT2D eigenvalue weighted by molar-refractivity contribution is 0.0937. The zero-order chi connectivity index (χ0) is 13.7. The van der Waals surface area contributed by atoms with E-state index in [0.717, 1.165) is 12.8 Å². The van der Waals surface area contributed by atoms with Crippen molar-refractivity contribution in [1.82, 2.24) is 5.32 Å². The smallest absolute Gasteiger partial charge is 0.253 e. The van der Waals surface area contributed by atoms with Gasteiger partial charge in [-0.1, -0.05) is 25.4 Å². The van der Waals surface area contributed by atoms with Gasteiger partial charge in [0.1, 0.15) is 5.75 Å². The van der Waals surface area contributed by atoms with Crippen molar-refractivity contribution in [3.8, 4) is 5.75 Å². The second-order valence-electron chi connectivity index (χ2n) is 5.01. The molecular weight excluding hydrogens is 250 g/mol. The van der Waals surface area contributed by atoms with Gasteiger partial charge >= 0.3 is 0 Å². The molecule has 1 aromatic rings. The molecule has 0 bridgehead atoms. The van der Waals surface area contributed by atoms with E-state index in [2.05, 4.69) is 19.2 Å². The maximum Gasteiger partial charge on any atom is 0.253 e. The van der Waals surface area contributed by atoms with Crippen molar-refractivity contribution in [2.24, 2.45) is 5.92 Å². The molecule has 0 fully saturated rings. The zero-order valence-electron chi connectivity index (χ0n) is 11.0. The van der Waals surface area contributed by atoms with Gasteiger partial charge in [-0.25, -0.2) is 0 Å². The SMILES string of the molecule is CC(C)CCC(C)NC(=O)c1cc(O)ccc1Cl. The van der Waals surface area contributed by atoms with Gasteiger partial charge in [0, 0.05) is 6.04 Å². The Hall–Kier alpha value is -1.22. The van der Waals surface area contributed by atoms with Crippen LogP contribution < -0.4 is 5.32 Å². The minimum absolute atomic E-state index is 0.0411. The van der Waals surface area contributed by atoms with Gasteiger partial charge < -0.3 is 10.4 Å². The van der Waals surface area contributed by atoms with Crippen LogP contribution in [-0.2, 0) is 0 Å². The first-order chi connectivity index (χ1) is 8.40. The molecule has 1 atom stereocenters. The standard InChI is InChI=1S/C14H20ClNO2/c1-9(2)4-5-10(3)16-14(18)12-8-11(17)6-7-13(12)15/h6-10,17H,4-5H2,1-3H3,(H,16,18). The van der Waals surface area contributed by atoms with Crippen LogP contribution in [0.2, 0.25) is 5.02 Å². The summed E-state index contributed by atoms with van der Waals surface area (Å²) in [6, 6.07) is 4.46. The molecule has 18 heavy (non-hydrogen) atoms. The van der Waals surface area contributed by atoms with E-state index in [1.807, 2.05) is 6.92 Å². The van der Waals surface area contributed by atoms with Crippen molar-refractivity contribution >= 4 is 17.5 Å². The average molecular weight is 270 g/mol. The van der Waals surface area contributed by atoms with Gasteiger partial charge in [-0.3, -0.25) is 4.79 Å². The van der Waals surface area contributed by atoms with Gasteiger partial charge in [0.25, 0.3) is 5.91 Å². The van der Waals surface area contributed by atoms with Gasteiger partial charge in [0.15, 0.2) is 0 Å². The Morgan fingerprint density at radius 3 is 2.61 bits per heavy atom. The van der Waals surface area contributed by atoms with E-state index < -0.39 is 0 Å². The van der Waals surface area contributed by atoms with Crippen LogP contribution >= 0.6 is 11.6 Å². The first-order valence-electron chi connectivity index (χ1n) is 6.19. The van der Waals surface area contributed by atoms with Crippen LogP contribution in [0, 0.1) is 5.92 Å². The van der Waals surface area contributed by atoms with Crippen LogP contribution in [0.25, 0.3) is 0 Å². The molecule has 0 spiro atoms. The van der Waals surface area contributed by atoms with Gasteiger partial charge in [-0.15, -0.1) is 0 Å². The highest BCUT2D eigenvalue weighted by atomic mass is 35.5. The Morgan fingerprint density at radius 2 is 2.00 bits per heavy atom. The molecule has 0 heterocycles. The lowest BCUT2D eigenvalue weighted by atomic mass is 10.0. The number of carbonyl (C=O) groups is 1. The number of phenolic OH excluding ortho intramolecular Hbond substituents is 1. The van der Waals surface area contributed by atoms with E-state index >= 15 is 0 Å². The maximum absolute atomic E-state index is 12.0. The molecule has 1 aromatic carbocycles. The fraction of sp³-hybridized carbons (Fsp3) is 0.500. The first-order valence-corrected chi connectivity index (χ1v) is 6.57. The Morgan fingerprint density at radius 1 is 1.33 bits per heavy atom. The maximum atomic E-state index is 12.0. The highest BCUT2D eigenvalue weighted by Gasteiger charge is 2.14. The topological polar surface area (TPSA) is 49.3 Å². The molecular formula is C14H20ClNO2. The highest BCUT2D eigenvalue weighted by molar-refractivity contribution is 6.33. The lowest BCUT2D eigenvalue weighted by Crippen LogP contribution is -2.32. The number of amides is 1. The quantitative estimate of drug-likeness (QED) is 0.858. The van der Waals surface area contributed by atoms with E-state index in [0.29, 0.717) is 16.5 Å². The molecule has 0 radical (unpaired) electrons. The van der Waals surface area contributed by atoms with Gasteiger partial charge in [-0.05, 0) is 43.9 Å². The van der Waals surface area contributed by atoms with Crippen LogP contribution in [0.4, 0.5) is 0 Å². The third-order valence-electron chi connectivity index (χ3n) is 2.75. The van der Waals surface area contributed by atoms with E-state index in [1.54, 1.807) is 0 Å². The number of rotatable bonds is 5. The summed E-state index contributed by atoms with van der Waals surface area (Å²) in [5.74, 6) is 0.417. The fourth-order valence-electron chi connectivity index (χ4n) is 1.64. The minimum atomic E-state index is -0.243. The summed E-state index contributed by atoms with van der Waals surface area (Å²) in [5, 5.41) is 12.6. The van der Waals surface area contributed by atoms with Crippen molar-refractivity contribution < 1.29 is 9.90 Å². The zero-order valence-corrected chi connectivity index (χ0v) is 11.8. The van der Waals surface area contributed by atoms with Crippen LogP contribution in [0.5, 0.6) is 5.75 Å². The second-order valence-corrected chi connectivity index (χ2v) is 5.42. The molecule has 1 amide bonds. The fourth-order valence-corrected chi connectivity index (χ4v) is 1.85. The van der Waals surface area contributed by atoms with E-state index in [4.69, 9.17) is 11.6 Å². The molecule has 0 aliphatic heterocycles. The molecule has 0 saturated heterocycles. The third kappa shape index (κ3) is 4.57. The Labute approximate surface area is 113 Å². The highest BCUT2D eigenvalue weighted by Crippen LogP contribution is 2.21. The molecule has 100 valence electrons. The number of nitrogens with one attached hydrogen (secondary N) is 1. The van der Waals surface area contributed by atoms with Crippen LogP contribution in [0.15, 0.2) is 18.2 Å². The number of aromatic hydroxyl groups is 1. The summed E-state index contributed by atoms with van der Waals surface area (Å²) in [6.45, 7) is 6.28. The summed E-state index contributed by atoms with van der Waals surface area (Å²) in [4.78, 5) is 12.0. The Kier molecular flexibility index (Phi) is 5.48. The summed E-state index contributed by atoms with van der Waals surface area (Å²) < 4.78 is 0. The molecule has 1 rings (SSSR count). The van der Waals surface area contributed by atoms with Crippen molar-refractivity contribution in [3.05, 3.63) is 28.8 Å². The second kappa shape index (κ2) is 6.64. The molecule has 3 nitrogen and oxygen atoms in total. The normalized spacial score (nSPS) is 12.5. The molecule has 0 aliphatic carbocycles. The van der Waals surface area contributed by atoms with Gasteiger partial charge in [0.05, 0.1) is 10.6 Å². The number of halogens is 1. The van der Waals surface area contributed by atoms with Gasteiger partial charge in [0.2, 0.25) is 0 Å². The van der Waals surface area contributed by atoms with Crippen molar-refractivity contribution in [2.75, 3.05) is 0 Å². The lowest BCUT2D eigenvalue weighted by Gasteiger charge is -2.15. The average Bonchev–Trinajstić information content (AvgIpc) is 2.29. The van der Waals surface area contributed by atoms with Crippen LogP contribution in [-0.4, -0.2) is 17.1 Å². The van der Waals surface area contributed by atoms with Crippen LogP contribution in [0.3, 0.4) is 0 Å². The van der Waals surface area contributed by atoms with Crippen molar-refractivity contribution in [1.29, 1.82) is 0 Å². The minimum Gasteiger partial charge on any atom is -0.508 e. The van der Waals surface area contributed by atoms with E-state index in [1.165, 1.54) is 18.2 Å². The monoisotopic (exact) mass is 269 g/mol. The summed E-state index contributed by atoms with van der Waals surface area (Å²) in [7, 11) is 0. The predicted octanol–water partition coefficient (Wildman–Crippen LogP) is 3.60. The predicted molar refractivity (Wildman–Crippen MR) is 74.1 cm³/mol.